The lowest BCUT2D eigenvalue weighted by atomic mass is 9.82. The van der Waals surface area contributed by atoms with Gasteiger partial charge in [-0.2, -0.15) is 11.8 Å². The molecule has 112 valence electrons. The Labute approximate surface area is 121 Å². The van der Waals surface area contributed by atoms with Crippen molar-refractivity contribution >= 4 is 21.6 Å². The van der Waals surface area contributed by atoms with E-state index in [0.29, 0.717) is 5.75 Å². The highest BCUT2D eigenvalue weighted by Crippen LogP contribution is 2.30. The minimum atomic E-state index is -3.00. The van der Waals surface area contributed by atoms with Crippen molar-refractivity contribution < 1.29 is 8.42 Å². The first-order chi connectivity index (χ1) is 8.97. The molecule has 0 aromatic rings. The molecule has 4 nitrogen and oxygen atoms in total. The van der Waals surface area contributed by atoms with E-state index >= 15 is 0 Å². The van der Waals surface area contributed by atoms with Gasteiger partial charge in [-0.05, 0) is 12.8 Å². The van der Waals surface area contributed by atoms with Gasteiger partial charge in [0.1, 0.15) is 5.37 Å². The van der Waals surface area contributed by atoms with Crippen LogP contribution in [0, 0.1) is 0 Å². The van der Waals surface area contributed by atoms with Crippen LogP contribution in [0.5, 0.6) is 0 Å². The lowest BCUT2D eigenvalue weighted by Crippen LogP contribution is -2.57. The van der Waals surface area contributed by atoms with E-state index in [0.717, 1.165) is 31.7 Å². The topological polar surface area (TPSA) is 63.4 Å². The summed E-state index contributed by atoms with van der Waals surface area (Å²) in [5.74, 6) is 1.95. The third kappa shape index (κ3) is 3.86. The summed E-state index contributed by atoms with van der Waals surface area (Å²) >= 11 is 1.75. The number of nitrogens with two attached hydrogens (primary N) is 1. The van der Waals surface area contributed by atoms with E-state index < -0.39 is 9.84 Å². The monoisotopic (exact) mass is 306 g/mol. The first-order valence-electron chi connectivity index (χ1n) is 7.29. The molecule has 0 radical (unpaired) electrons. The van der Waals surface area contributed by atoms with Crippen molar-refractivity contribution in [2.45, 2.75) is 49.9 Å². The number of thioether (sulfide) groups is 1. The van der Waals surface area contributed by atoms with Gasteiger partial charge in [-0.1, -0.05) is 26.2 Å². The Hall–Kier alpha value is 0.220. The van der Waals surface area contributed by atoms with E-state index in [9.17, 15) is 8.42 Å². The summed E-state index contributed by atoms with van der Waals surface area (Å²) in [6.07, 6.45) is 5.71. The van der Waals surface area contributed by atoms with Crippen molar-refractivity contribution in [1.29, 1.82) is 0 Å². The van der Waals surface area contributed by atoms with Crippen LogP contribution < -0.4 is 5.73 Å². The summed E-state index contributed by atoms with van der Waals surface area (Å²) in [7, 11) is -3.00. The lowest BCUT2D eigenvalue weighted by Gasteiger charge is -2.42. The molecule has 2 N–H and O–H groups in total. The second kappa shape index (κ2) is 6.33. The van der Waals surface area contributed by atoms with E-state index in [-0.39, 0.29) is 16.7 Å². The fourth-order valence-corrected chi connectivity index (χ4v) is 6.22. The van der Waals surface area contributed by atoms with E-state index in [1.165, 1.54) is 19.3 Å². The Morgan fingerprint density at radius 1 is 1.32 bits per heavy atom. The molecule has 1 heterocycles. The molecule has 19 heavy (non-hydrogen) atoms. The molecule has 0 bridgehead atoms. The van der Waals surface area contributed by atoms with Gasteiger partial charge in [-0.25, -0.2) is 8.42 Å². The van der Waals surface area contributed by atoms with Crippen LogP contribution in [0.15, 0.2) is 0 Å². The smallest absolute Gasteiger partial charge is 0.166 e. The van der Waals surface area contributed by atoms with Gasteiger partial charge in [-0.3, -0.25) is 4.90 Å². The quantitative estimate of drug-likeness (QED) is 0.852. The van der Waals surface area contributed by atoms with Gasteiger partial charge in [0.15, 0.2) is 9.84 Å². The Balaban J connectivity index is 2.07. The molecule has 0 aromatic carbocycles. The number of rotatable bonds is 4. The Morgan fingerprint density at radius 3 is 2.63 bits per heavy atom. The summed E-state index contributed by atoms with van der Waals surface area (Å²) in [4.78, 5) is 2.14. The maximum Gasteiger partial charge on any atom is 0.166 e. The highest BCUT2D eigenvalue weighted by atomic mass is 32.2. The molecule has 0 spiro atoms. The van der Waals surface area contributed by atoms with Crippen molar-refractivity contribution in [2.75, 3.05) is 30.3 Å². The molecule has 1 unspecified atom stereocenters. The maximum absolute atomic E-state index is 12.2. The maximum atomic E-state index is 12.2. The van der Waals surface area contributed by atoms with E-state index in [4.69, 9.17) is 5.73 Å². The molecular weight excluding hydrogens is 280 g/mol. The predicted octanol–water partition coefficient (Wildman–Crippen LogP) is 1.46. The molecule has 2 aliphatic rings. The molecule has 2 rings (SSSR count). The zero-order valence-electron chi connectivity index (χ0n) is 11.8. The molecule has 0 amide bonds. The highest BCUT2D eigenvalue weighted by Gasteiger charge is 2.37. The van der Waals surface area contributed by atoms with Gasteiger partial charge >= 0.3 is 0 Å². The van der Waals surface area contributed by atoms with Gasteiger partial charge in [-0.15, -0.1) is 0 Å². The third-order valence-corrected chi connectivity index (χ3v) is 7.71. The SMILES string of the molecule is CCS(=O)(=O)C1CSCCN1CC1(N)CCCCC1. The predicted molar refractivity (Wildman–Crippen MR) is 82.2 cm³/mol. The molecule has 1 aliphatic heterocycles. The van der Waals surface area contributed by atoms with Crippen LogP contribution in [0.2, 0.25) is 0 Å². The third-order valence-electron chi connectivity index (χ3n) is 4.37. The molecular formula is C13H26N2O2S2. The lowest BCUT2D eigenvalue weighted by molar-refractivity contribution is 0.169. The summed E-state index contributed by atoms with van der Waals surface area (Å²) in [6, 6.07) is 0. The minimum Gasteiger partial charge on any atom is -0.324 e. The summed E-state index contributed by atoms with van der Waals surface area (Å²) in [5.41, 5.74) is 6.33. The first kappa shape index (κ1) is 15.6. The molecule has 1 saturated carbocycles. The summed E-state index contributed by atoms with van der Waals surface area (Å²) < 4.78 is 24.4. The molecule has 0 aromatic heterocycles. The minimum absolute atomic E-state index is 0.165. The van der Waals surface area contributed by atoms with E-state index in [2.05, 4.69) is 4.90 Å². The average Bonchev–Trinajstić information content (AvgIpc) is 2.39. The fourth-order valence-electron chi connectivity index (χ4n) is 3.14. The van der Waals surface area contributed by atoms with Crippen molar-refractivity contribution in [2.24, 2.45) is 5.73 Å². The average molecular weight is 306 g/mol. The normalized spacial score (nSPS) is 29.3. The zero-order chi connectivity index (χ0) is 13.9. The van der Waals surface area contributed by atoms with Crippen LogP contribution >= 0.6 is 11.8 Å². The second-order valence-corrected chi connectivity index (χ2v) is 9.47. The van der Waals surface area contributed by atoms with Gasteiger partial charge in [0.2, 0.25) is 0 Å². The molecule has 2 fully saturated rings. The van der Waals surface area contributed by atoms with Crippen LogP contribution in [0.3, 0.4) is 0 Å². The van der Waals surface area contributed by atoms with E-state index in [1.807, 2.05) is 0 Å². The number of sulfone groups is 1. The molecule has 1 aliphatic carbocycles. The van der Waals surface area contributed by atoms with Crippen molar-refractivity contribution in [3.63, 3.8) is 0 Å². The second-order valence-electron chi connectivity index (χ2n) is 5.87. The summed E-state index contributed by atoms with van der Waals surface area (Å²) in [6.45, 7) is 3.34. The van der Waals surface area contributed by atoms with Gasteiger partial charge in [0.05, 0.1) is 0 Å². The van der Waals surface area contributed by atoms with Crippen LogP contribution in [-0.2, 0) is 9.84 Å². The molecule has 6 heteroatoms. The molecule has 1 atom stereocenters. The van der Waals surface area contributed by atoms with Crippen molar-refractivity contribution in [3.05, 3.63) is 0 Å². The molecule has 1 saturated heterocycles. The number of nitrogens with zero attached hydrogens (tertiary/aromatic N) is 1. The largest absolute Gasteiger partial charge is 0.324 e. The highest BCUT2D eigenvalue weighted by molar-refractivity contribution is 8.01. The Bertz CT molecular complexity index is 391. The Morgan fingerprint density at radius 2 is 2.00 bits per heavy atom. The van der Waals surface area contributed by atoms with Crippen molar-refractivity contribution in [1.82, 2.24) is 4.90 Å². The fraction of sp³-hybridized carbons (Fsp3) is 1.00. The van der Waals surface area contributed by atoms with Gasteiger partial charge < -0.3 is 5.73 Å². The van der Waals surface area contributed by atoms with Crippen LogP contribution in [-0.4, -0.2) is 54.6 Å². The Kier molecular flexibility index (Phi) is 5.20. The van der Waals surface area contributed by atoms with Gasteiger partial charge in [0.25, 0.3) is 0 Å². The van der Waals surface area contributed by atoms with Crippen LogP contribution in [0.25, 0.3) is 0 Å². The van der Waals surface area contributed by atoms with Crippen molar-refractivity contribution in [3.8, 4) is 0 Å². The summed E-state index contributed by atoms with van der Waals surface area (Å²) in [5, 5.41) is -0.321. The first-order valence-corrected chi connectivity index (χ1v) is 10.2. The van der Waals surface area contributed by atoms with Gasteiger partial charge in [0, 0.05) is 35.9 Å². The van der Waals surface area contributed by atoms with Crippen LogP contribution in [0.1, 0.15) is 39.0 Å². The standard InChI is InChI=1S/C13H26N2O2S2/c1-2-19(16,17)12-10-18-9-8-15(12)11-13(14)6-4-3-5-7-13/h12H,2-11,14H2,1H3. The number of hydrogen-bond donors (Lipinski definition) is 1. The number of hydrogen-bond acceptors (Lipinski definition) is 5. The van der Waals surface area contributed by atoms with Crippen LogP contribution in [0.4, 0.5) is 0 Å². The zero-order valence-corrected chi connectivity index (χ0v) is 13.4. The van der Waals surface area contributed by atoms with E-state index in [1.54, 1.807) is 18.7 Å².